The summed E-state index contributed by atoms with van der Waals surface area (Å²) in [4.78, 5) is 12.3. The van der Waals surface area contributed by atoms with Gasteiger partial charge in [0.05, 0.1) is 11.6 Å². The third kappa shape index (κ3) is 4.14. The molecular weight excluding hydrogens is 306 g/mol. The third-order valence-electron chi connectivity index (χ3n) is 4.46. The predicted molar refractivity (Wildman–Crippen MR) is 104 cm³/mol. The van der Waals surface area contributed by atoms with E-state index in [-0.39, 0.29) is 11.2 Å². The van der Waals surface area contributed by atoms with Crippen LogP contribution in [0.25, 0.3) is 6.08 Å². The number of hydrogen-bond acceptors (Lipinski definition) is 2. The maximum atomic E-state index is 12.3. The zero-order chi connectivity index (χ0) is 18.4. The summed E-state index contributed by atoms with van der Waals surface area (Å²) in [5.74, 6) is -0.0310. The van der Waals surface area contributed by atoms with Crippen LogP contribution in [0.15, 0.2) is 61.2 Å². The van der Waals surface area contributed by atoms with Crippen LogP contribution in [0, 0.1) is 11.3 Å². The molecule has 0 N–H and O–H groups in total. The van der Waals surface area contributed by atoms with Crippen LogP contribution in [0.1, 0.15) is 53.4 Å². The zero-order valence-corrected chi connectivity index (χ0v) is 15.0. The highest BCUT2D eigenvalue weighted by atomic mass is 16.1. The summed E-state index contributed by atoms with van der Waals surface area (Å²) in [6.07, 6.45) is 6.08. The van der Waals surface area contributed by atoms with Crippen molar-refractivity contribution in [3.63, 3.8) is 0 Å². The van der Waals surface area contributed by atoms with Gasteiger partial charge in [0.15, 0.2) is 5.78 Å². The number of carbonyl (C=O) groups is 1. The molecule has 25 heavy (non-hydrogen) atoms. The lowest BCUT2D eigenvalue weighted by atomic mass is 9.80. The first kappa shape index (κ1) is 18.4. The number of carbonyl (C=O) groups excluding carboxylic acids is 1. The van der Waals surface area contributed by atoms with Gasteiger partial charge in [-0.25, -0.2) is 0 Å². The summed E-state index contributed by atoms with van der Waals surface area (Å²) in [6.45, 7) is 10.00. The van der Waals surface area contributed by atoms with Crippen LogP contribution in [0.3, 0.4) is 0 Å². The molecule has 2 aromatic carbocycles. The van der Waals surface area contributed by atoms with Crippen LogP contribution < -0.4 is 0 Å². The van der Waals surface area contributed by atoms with E-state index in [1.807, 2.05) is 63.3 Å². The van der Waals surface area contributed by atoms with E-state index in [1.165, 1.54) is 0 Å². The molecule has 0 aromatic heterocycles. The van der Waals surface area contributed by atoms with Crippen molar-refractivity contribution in [3.05, 3.63) is 89.0 Å². The number of benzene rings is 2. The van der Waals surface area contributed by atoms with Crippen LogP contribution in [0.2, 0.25) is 0 Å². The maximum absolute atomic E-state index is 12.3. The van der Waals surface area contributed by atoms with Gasteiger partial charge in [-0.2, -0.15) is 5.26 Å². The van der Waals surface area contributed by atoms with Gasteiger partial charge >= 0.3 is 0 Å². The van der Waals surface area contributed by atoms with Crippen LogP contribution in [0.4, 0.5) is 0 Å². The normalized spacial score (nSPS) is 11.3. The highest BCUT2D eigenvalue weighted by Crippen LogP contribution is 2.30. The fourth-order valence-corrected chi connectivity index (χ4v) is 2.72. The fraction of sp³-hybridized carbons (Fsp3) is 0.217. The van der Waals surface area contributed by atoms with Gasteiger partial charge in [0, 0.05) is 11.0 Å². The Kier molecular flexibility index (Phi) is 5.72. The van der Waals surface area contributed by atoms with Gasteiger partial charge in [-0.15, -0.1) is 6.58 Å². The van der Waals surface area contributed by atoms with E-state index >= 15 is 0 Å². The Hall–Kier alpha value is -2.92. The summed E-state index contributed by atoms with van der Waals surface area (Å²) in [7, 11) is 0. The first-order chi connectivity index (χ1) is 11.9. The minimum Gasteiger partial charge on any atom is -0.289 e. The average Bonchev–Trinajstić information content (AvgIpc) is 2.65. The van der Waals surface area contributed by atoms with Gasteiger partial charge in [-0.05, 0) is 41.3 Å². The van der Waals surface area contributed by atoms with E-state index in [0.29, 0.717) is 11.1 Å². The molecule has 0 unspecified atom stereocenters. The largest absolute Gasteiger partial charge is 0.289 e. The van der Waals surface area contributed by atoms with Gasteiger partial charge in [0.25, 0.3) is 0 Å². The maximum Gasteiger partial charge on any atom is 0.185 e. The van der Waals surface area contributed by atoms with Crippen LogP contribution >= 0.6 is 0 Å². The molecular formula is C23H23NO. The minimum atomic E-state index is -0.316. The van der Waals surface area contributed by atoms with Crippen molar-refractivity contribution in [2.45, 2.75) is 32.6 Å². The summed E-state index contributed by atoms with van der Waals surface area (Å²) in [5.41, 5.74) is 3.95. The SMILES string of the molecule is C=CC(C)(C)c1cc(/C=C/C(=O)c2ccccc2)c(CC)cc1C#N. The molecule has 2 rings (SSSR count). The molecule has 0 aliphatic carbocycles. The number of nitriles is 1. The second kappa shape index (κ2) is 7.77. The average molecular weight is 329 g/mol. The first-order valence-electron chi connectivity index (χ1n) is 8.41. The second-order valence-corrected chi connectivity index (χ2v) is 6.55. The summed E-state index contributed by atoms with van der Waals surface area (Å²) in [5, 5.41) is 9.50. The lowest BCUT2D eigenvalue weighted by Gasteiger charge is -2.23. The van der Waals surface area contributed by atoms with E-state index in [4.69, 9.17) is 0 Å². The summed E-state index contributed by atoms with van der Waals surface area (Å²) >= 11 is 0. The summed E-state index contributed by atoms with van der Waals surface area (Å²) in [6, 6.07) is 15.4. The Bertz CT molecular complexity index is 852. The molecule has 0 amide bonds. The minimum absolute atomic E-state index is 0.0310. The molecule has 0 bridgehead atoms. The van der Waals surface area contributed by atoms with Gasteiger partial charge < -0.3 is 0 Å². The molecule has 0 saturated carbocycles. The van der Waals surface area contributed by atoms with Crippen LogP contribution in [0.5, 0.6) is 0 Å². The molecule has 2 aromatic rings. The van der Waals surface area contributed by atoms with Crippen molar-refractivity contribution in [3.8, 4) is 6.07 Å². The van der Waals surface area contributed by atoms with Crippen molar-refractivity contribution in [2.24, 2.45) is 0 Å². The molecule has 0 fully saturated rings. The predicted octanol–water partition coefficient (Wildman–Crippen LogP) is 5.48. The lowest BCUT2D eigenvalue weighted by Crippen LogP contribution is -2.16. The van der Waals surface area contributed by atoms with E-state index < -0.39 is 0 Å². The second-order valence-electron chi connectivity index (χ2n) is 6.55. The van der Waals surface area contributed by atoms with Crippen molar-refractivity contribution < 1.29 is 4.79 Å². The van der Waals surface area contributed by atoms with E-state index in [2.05, 4.69) is 12.6 Å². The summed E-state index contributed by atoms with van der Waals surface area (Å²) < 4.78 is 0. The molecule has 0 heterocycles. The van der Waals surface area contributed by atoms with Gasteiger partial charge in [-0.1, -0.05) is 63.3 Å². The molecule has 2 nitrogen and oxygen atoms in total. The Morgan fingerprint density at radius 2 is 1.92 bits per heavy atom. The quantitative estimate of drug-likeness (QED) is 0.400. The molecule has 0 spiro atoms. The fourth-order valence-electron chi connectivity index (χ4n) is 2.72. The van der Waals surface area contributed by atoms with E-state index in [0.717, 1.165) is 23.1 Å². The topological polar surface area (TPSA) is 40.9 Å². The smallest absolute Gasteiger partial charge is 0.185 e. The number of hydrogen-bond donors (Lipinski definition) is 0. The van der Waals surface area contributed by atoms with E-state index in [9.17, 15) is 10.1 Å². The van der Waals surface area contributed by atoms with Gasteiger partial charge in [0.1, 0.15) is 0 Å². The molecule has 0 atom stereocenters. The third-order valence-corrected chi connectivity index (χ3v) is 4.46. The van der Waals surface area contributed by atoms with Crippen molar-refractivity contribution in [1.29, 1.82) is 5.26 Å². The van der Waals surface area contributed by atoms with Crippen LogP contribution in [-0.4, -0.2) is 5.78 Å². The first-order valence-corrected chi connectivity index (χ1v) is 8.41. The van der Waals surface area contributed by atoms with Crippen molar-refractivity contribution >= 4 is 11.9 Å². The number of allylic oxidation sites excluding steroid dienone is 2. The van der Waals surface area contributed by atoms with Crippen molar-refractivity contribution in [1.82, 2.24) is 0 Å². The Morgan fingerprint density at radius 1 is 1.24 bits per heavy atom. The number of rotatable bonds is 6. The van der Waals surface area contributed by atoms with Gasteiger partial charge in [-0.3, -0.25) is 4.79 Å². The Labute approximate surface area is 150 Å². The number of aryl methyl sites for hydroxylation is 1. The molecule has 2 heteroatoms. The van der Waals surface area contributed by atoms with E-state index in [1.54, 1.807) is 18.2 Å². The molecule has 0 saturated heterocycles. The highest BCUT2D eigenvalue weighted by Gasteiger charge is 2.21. The highest BCUT2D eigenvalue weighted by molar-refractivity contribution is 6.06. The lowest BCUT2D eigenvalue weighted by molar-refractivity contribution is 0.104. The Morgan fingerprint density at radius 3 is 2.48 bits per heavy atom. The zero-order valence-electron chi connectivity index (χ0n) is 15.0. The monoisotopic (exact) mass is 329 g/mol. The standard InChI is InChI=1S/C23H23NO/c1-5-17-14-20(16-24)21(23(3,4)6-2)15-19(17)12-13-22(25)18-10-8-7-9-11-18/h6-15H,2,5H2,1,3-4H3/b13-12+. The van der Waals surface area contributed by atoms with Crippen molar-refractivity contribution in [2.75, 3.05) is 0 Å². The molecule has 0 aliphatic rings. The molecule has 0 radical (unpaired) electrons. The molecule has 0 aliphatic heterocycles. The number of ketones is 1. The Balaban J connectivity index is 2.48. The van der Waals surface area contributed by atoms with Gasteiger partial charge in [0.2, 0.25) is 0 Å². The van der Waals surface area contributed by atoms with Crippen LogP contribution in [-0.2, 0) is 11.8 Å². The number of nitrogens with zero attached hydrogens (tertiary/aromatic N) is 1. The molecule has 126 valence electrons.